The number of ether oxygens (including phenoxy) is 6. The van der Waals surface area contributed by atoms with Crippen LogP contribution in [0.25, 0.3) is 0 Å². The van der Waals surface area contributed by atoms with E-state index in [-0.39, 0.29) is 42.5 Å². The number of hydrogen-bond donors (Lipinski definition) is 4. The van der Waals surface area contributed by atoms with Crippen LogP contribution in [0, 0.1) is 38.4 Å². The van der Waals surface area contributed by atoms with Crippen LogP contribution < -0.4 is 0 Å². The molecule has 0 aliphatic heterocycles. The standard InChI is InChI=1S/C54H113FO3P4.C51H106O12P2.C2H7O4P/c1-11-20-29-52(30-21-12-2,31-22-13-3)45-56-38-49(42-61-48-55)41-60-43-51(40-58-47-54(35-26-17-7,36-27-18-8)37-28-19-9)62-44-50(59-10)39-57-46-53(32-23-14-4,33-24-15-5)34-25-16-6;1-11-20-29-49(30-21-12-2,31-22-13-3)43-57-38-46(10)62-64(53,54)61-42-48(41-59-45-51(35-26-17-7,36-27-18-8)37-28-19-9)63-65(55,56)60-40-47(52)39-58-44-50(32-23-14-4,33-24-15-5)34-25-16-6;1-5-7(3,4)6-2/h49-51,59-62H,11-48H2,1-10H3;46-48,52H,11-45H2,1-10H3,(H,53,54)(H,55,56);1-2H3,(H,3,4). The highest BCUT2D eigenvalue weighted by Gasteiger charge is 2.39. The fourth-order valence-electron chi connectivity index (χ4n) is 18.8. The molecule has 0 saturated carbocycles. The number of phosphoric ester groups is 3. The van der Waals surface area contributed by atoms with Crippen LogP contribution >= 0.6 is 57.8 Å². The third-order valence-corrected chi connectivity index (χ3v) is 37.3. The van der Waals surface area contributed by atoms with Gasteiger partial charge in [-0.15, -0.1) is 25.7 Å². The Hall–Kier alpha value is 1.70. The van der Waals surface area contributed by atoms with E-state index in [4.69, 9.17) is 51.4 Å². The molecule has 810 valence electrons. The van der Waals surface area contributed by atoms with Crippen LogP contribution in [0.4, 0.5) is 4.39 Å². The molecule has 12 atom stereocenters. The molecule has 4 N–H and O–H groups in total. The Morgan fingerprint density at radius 2 is 0.537 bits per heavy atom. The Kier molecular flexibility index (Phi) is 94.9. The molecular formula is C107H226FO19P7. The van der Waals surface area contributed by atoms with E-state index in [9.17, 15) is 33.0 Å². The summed E-state index contributed by atoms with van der Waals surface area (Å²) in [5.74, 6) is 0.477. The van der Waals surface area contributed by atoms with E-state index >= 15 is 0 Å². The molecule has 0 spiro atoms. The molecule has 0 aromatic carbocycles. The normalized spacial score (nSPS) is 15.3. The van der Waals surface area contributed by atoms with Crippen LogP contribution in [0.15, 0.2) is 0 Å². The predicted octanol–water partition coefficient (Wildman–Crippen LogP) is 33.8. The second kappa shape index (κ2) is 91.0. The Labute approximate surface area is 836 Å². The third-order valence-electron chi connectivity index (χ3n) is 27.8. The third kappa shape index (κ3) is 73.7. The van der Waals surface area contributed by atoms with E-state index < -0.39 is 55.0 Å². The van der Waals surface area contributed by atoms with Gasteiger partial charge in [0.05, 0.1) is 98.6 Å². The van der Waals surface area contributed by atoms with Crippen molar-refractivity contribution in [3.05, 3.63) is 0 Å². The van der Waals surface area contributed by atoms with Gasteiger partial charge >= 0.3 is 23.5 Å². The summed E-state index contributed by atoms with van der Waals surface area (Å²) >= 11 is 0. The fourth-order valence-corrected chi connectivity index (χ4v) is 26.6. The van der Waals surface area contributed by atoms with E-state index in [1.165, 1.54) is 192 Å². The van der Waals surface area contributed by atoms with Crippen LogP contribution in [0.5, 0.6) is 0 Å². The number of halogens is 1. The quantitative estimate of drug-likeness (QED) is 0.0414. The molecule has 0 heterocycles. The van der Waals surface area contributed by atoms with Gasteiger partial charge in [0.15, 0.2) is 0 Å². The predicted molar refractivity (Wildman–Crippen MR) is 583 cm³/mol. The van der Waals surface area contributed by atoms with Gasteiger partial charge in [-0.3, -0.25) is 27.1 Å². The molecular weight excluding hydrogens is 1820 g/mol. The molecule has 0 aliphatic rings. The number of unbranched alkanes of at least 4 members (excludes halogenated alkanes) is 18. The molecule has 0 amide bonds. The first-order valence-corrected chi connectivity index (χ1v) is 65.8. The lowest BCUT2D eigenvalue weighted by Gasteiger charge is -2.35. The van der Waals surface area contributed by atoms with Gasteiger partial charge in [0.25, 0.3) is 0 Å². The van der Waals surface area contributed by atoms with Gasteiger partial charge < -0.3 is 48.2 Å². The first-order valence-electron chi connectivity index (χ1n) is 55.6. The molecule has 0 radical (unpaired) electrons. The highest BCUT2D eigenvalue weighted by Crippen LogP contribution is 2.50. The van der Waals surface area contributed by atoms with Crippen molar-refractivity contribution in [3.8, 4) is 0 Å². The molecule has 0 fully saturated rings. The van der Waals surface area contributed by atoms with Crippen LogP contribution in [0.2, 0.25) is 0 Å². The Bertz CT molecular complexity index is 2530. The smallest absolute Gasteiger partial charge is 0.388 e. The first kappa shape index (κ1) is 140. The zero-order valence-electron chi connectivity index (χ0n) is 91.7. The highest BCUT2D eigenvalue weighted by atomic mass is 31.2. The summed E-state index contributed by atoms with van der Waals surface area (Å²) in [4.78, 5) is 30.1. The average Bonchev–Trinajstić information content (AvgIpc) is 0.907. The van der Waals surface area contributed by atoms with Crippen molar-refractivity contribution in [1.29, 1.82) is 0 Å². The molecule has 134 heavy (non-hydrogen) atoms. The van der Waals surface area contributed by atoms with E-state index in [1.54, 1.807) is 6.92 Å². The van der Waals surface area contributed by atoms with E-state index in [1.807, 2.05) is 0 Å². The van der Waals surface area contributed by atoms with Gasteiger partial charge in [-0.2, -0.15) is 0 Å². The lowest BCUT2D eigenvalue weighted by Crippen LogP contribution is -2.32. The monoisotopic (exact) mass is 2050 g/mol. The van der Waals surface area contributed by atoms with Crippen molar-refractivity contribution in [2.75, 3.05) is 144 Å². The molecule has 0 aromatic rings. The molecule has 27 heteroatoms. The van der Waals surface area contributed by atoms with Crippen molar-refractivity contribution in [2.45, 2.75) is 508 Å². The first-order chi connectivity index (χ1) is 64.3. The number of alkyl halides is 1. The van der Waals surface area contributed by atoms with Crippen molar-refractivity contribution < 1.29 is 93.4 Å². The number of aliphatic hydroxyl groups is 1. The van der Waals surface area contributed by atoms with Crippen molar-refractivity contribution in [2.24, 2.45) is 38.4 Å². The summed E-state index contributed by atoms with van der Waals surface area (Å²) in [6, 6.07) is 0. The van der Waals surface area contributed by atoms with Crippen LogP contribution in [-0.2, 0) is 69.3 Å². The average molecular weight is 2050 g/mol. The van der Waals surface area contributed by atoms with Crippen molar-refractivity contribution >= 4 is 57.8 Å². The van der Waals surface area contributed by atoms with E-state index in [0.717, 1.165) is 259 Å². The summed E-state index contributed by atoms with van der Waals surface area (Å²) in [5, 5.41) is 10.8. The van der Waals surface area contributed by atoms with E-state index in [2.05, 4.69) is 140 Å². The summed E-state index contributed by atoms with van der Waals surface area (Å²) in [6.07, 6.45) is 65.6. The number of aliphatic hydroxyl groups excluding tert-OH is 1. The second-order valence-corrected chi connectivity index (χ2v) is 50.8. The second-order valence-electron chi connectivity index (χ2n) is 40.8. The number of phosphoric acid groups is 3. The van der Waals surface area contributed by atoms with Gasteiger partial charge in [0.1, 0.15) is 18.6 Å². The summed E-state index contributed by atoms with van der Waals surface area (Å²) < 4.78 is 120. The summed E-state index contributed by atoms with van der Waals surface area (Å²) in [5.41, 5.74) is 2.34. The molecule has 0 aliphatic carbocycles. The molecule has 0 saturated heterocycles. The zero-order chi connectivity index (χ0) is 101. The highest BCUT2D eigenvalue weighted by molar-refractivity contribution is 7.48. The lowest BCUT2D eigenvalue weighted by atomic mass is 9.75. The Morgan fingerprint density at radius 1 is 0.291 bits per heavy atom. The molecule has 12 unspecified atom stereocenters. The maximum Gasteiger partial charge on any atom is 0.472 e. The van der Waals surface area contributed by atoms with Crippen LogP contribution in [-0.4, -0.2) is 194 Å². The topological polar surface area (TPSA) is 243 Å². The summed E-state index contributed by atoms with van der Waals surface area (Å²) in [6.45, 7) is 50.7. The van der Waals surface area contributed by atoms with Gasteiger partial charge in [0.2, 0.25) is 0 Å². The van der Waals surface area contributed by atoms with E-state index in [0.29, 0.717) is 61.9 Å². The Morgan fingerprint density at radius 3 is 0.806 bits per heavy atom. The fraction of sp³-hybridized carbons (Fsp3) is 1.00. The minimum Gasteiger partial charge on any atom is -0.388 e. The Balaban J connectivity index is -0.00000239. The van der Waals surface area contributed by atoms with Gasteiger partial charge in [-0.1, -0.05) is 364 Å². The number of hydrogen-bond acceptors (Lipinski definition) is 16. The summed E-state index contributed by atoms with van der Waals surface area (Å²) in [7, 11) is -7.80. The minimum absolute atomic E-state index is 0.0374. The maximum absolute atomic E-state index is 13.7. The minimum atomic E-state index is -4.82. The largest absolute Gasteiger partial charge is 0.472 e. The van der Waals surface area contributed by atoms with Crippen LogP contribution in [0.3, 0.4) is 0 Å². The zero-order valence-corrected chi connectivity index (χ0v) is 98.4. The SMILES string of the molecule is CCCCC(CCCC)(CCCC)COCC(CPCF)CPCC(COCC(CCCC)(CCCC)CCCC)PCC(COCC(CCCC)(CCCC)CCCC)PC.CCCCC(CCCC)(CCCC)COCC(O)COP(=O)(O)OC(COCC(CCCC)(CCCC)CCCC)COP(=O)(O)OC(C)COCC(CCCC)(CCCC)CCCC.COP(=O)(O)OC. The molecule has 0 bridgehead atoms. The number of rotatable bonds is 101. The maximum atomic E-state index is 13.7. The van der Waals surface area contributed by atoms with Gasteiger partial charge in [-0.25, -0.2) is 18.1 Å². The molecule has 19 nitrogen and oxygen atoms in total. The van der Waals surface area contributed by atoms with Crippen LogP contribution in [0.1, 0.15) is 478 Å². The van der Waals surface area contributed by atoms with Crippen molar-refractivity contribution in [1.82, 2.24) is 0 Å². The van der Waals surface area contributed by atoms with Gasteiger partial charge in [-0.05, 0) is 192 Å². The molecule has 0 rings (SSSR count). The lowest BCUT2D eigenvalue weighted by molar-refractivity contribution is -0.0508. The molecule has 0 aromatic heterocycles. The van der Waals surface area contributed by atoms with Gasteiger partial charge in [0, 0.05) is 25.5 Å². The van der Waals surface area contributed by atoms with Crippen molar-refractivity contribution in [3.63, 3.8) is 0 Å².